The highest BCUT2D eigenvalue weighted by molar-refractivity contribution is 5.90. The quantitative estimate of drug-likeness (QED) is 0.775. The fraction of sp³-hybridized carbons (Fsp3) is 0.435. The molecule has 2 aromatic rings. The molecule has 156 valence electrons. The van der Waals surface area contributed by atoms with Crippen molar-refractivity contribution in [2.75, 3.05) is 52.3 Å². The van der Waals surface area contributed by atoms with Crippen molar-refractivity contribution in [1.82, 2.24) is 9.80 Å². The predicted molar refractivity (Wildman–Crippen MR) is 116 cm³/mol. The zero-order valence-corrected chi connectivity index (χ0v) is 17.6. The molecule has 0 unspecified atom stereocenters. The molecule has 0 bridgehead atoms. The first-order valence-electron chi connectivity index (χ1n) is 10.2. The number of benzene rings is 2. The van der Waals surface area contributed by atoms with Crippen LogP contribution in [0.4, 0.5) is 10.5 Å². The number of hydrogen-bond donors (Lipinski definition) is 1. The number of nitrogens with one attached hydrogen (secondary N) is 1. The van der Waals surface area contributed by atoms with Gasteiger partial charge in [0.15, 0.2) is 11.5 Å². The van der Waals surface area contributed by atoms with Crippen molar-refractivity contribution in [3.05, 3.63) is 53.6 Å². The van der Waals surface area contributed by atoms with E-state index in [1.807, 2.05) is 35.2 Å². The van der Waals surface area contributed by atoms with E-state index < -0.39 is 0 Å². The summed E-state index contributed by atoms with van der Waals surface area (Å²) < 4.78 is 10.7. The molecule has 2 amide bonds. The summed E-state index contributed by atoms with van der Waals surface area (Å²) in [6.07, 6.45) is 1.84. The van der Waals surface area contributed by atoms with Crippen LogP contribution in [0.15, 0.2) is 42.5 Å². The van der Waals surface area contributed by atoms with Crippen molar-refractivity contribution in [3.8, 4) is 11.5 Å². The third-order valence-electron chi connectivity index (χ3n) is 5.46. The second-order valence-corrected chi connectivity index (χ2v) is 7.21. The SMILES string of the molecule is CCc1ccccc1NC(=O)N1CCN(CCc2ccc(OC)c(OC)c2)CC1. The molecule has 0 aromatic heterocycles. The molecule has 1 aliphatic heterocycles. The summed E-state index contributed by atoms with van der Waals surface area (Å²) in [5.74, 6) is 1.51. The number of anilines is 1. The average molecular weight is 398 g/mol. The standard InChI is InChI=1S/C23H31N3O3/c1-4-19-7-5-6-8-20(19)24-23(27)26-15-13-25(14-16-26)12-11-18-9-10-21(28-2)22(17-18)29-3/h5-10,17H,4,11-16H2,1-3H3,(H,24,27). The van der Waals surface area contributed by atoms with Gasteiger partial charge >= 0.3 is 6.03 Å². The number of carbonyl (C=O) groups excluding carboxylic acids is 1. The number of piperazine rings is 1. The van der Waals surface area contributed by atoms with Crippen LogP contribution < -0.4 is 14.8 Å². The van der Waals surface area contributed by atoms with Crippen LogP contribution in [0, 0.1) is 0 Å². The van der Waals surface area contributed by atoms with Crippen LogP contribution in [0.5, 0.6) is 11.5 Å². The number of ether oxygens (including phenoxy) is 2. The van der Waals surface area contributed by atoms with E-state index in [1.54, 1.807) is 14.2 Å². The highest BCUT2D eigenvalue weighted by atomic mass is 16.5. The molecule has 1 aliphatic rings. The van der Waals surface area contributed by atoms with E-state index in [4.69, 9.17) is 9.47 Å². The number of nitrogens with zero attached hydrogens (tertiary/aromatic N) is 2. The van der Waals surface area contributed by atoms with Crippen molar-refractivity contribution in [2.24, 2.45) is 0 Å². The molecule has 29 heavy (non-hydrogen) atoms. The highest BCUT2D eigenvalue weighted by Crippen LogP contribution is 2.27. The maximum atomic E-state index is 12.6. The molecule has 0 spiro atoms. The Morgan fingerprint density at radius 3 is 2.41 bits per heavy atom. The number of methoxy groups -OCH3 is 2. The van der Waals surface area contributed by atoms with Gasteiger partial charge in [-0.2, -0.15) is 0 Å². The first-order chi connectivity index (χ1) is 14.1. The van der Waals surface area contributed by atoms with Crippen molar-refractivity contribution < 1.29 is 14.3 Å². The third-order valence-corrected chi connectivity index (χ3v) is 5.46. The number of hydrogen-bond acceptors (Lipinski definition) is 4. The second kappa shape index (κ2) is 10.2. The Hall–Kier alpha value is -2.73. The van der Waals surface area contributed by atoms with Gasteiger partial charge < -0.3 is 19.7 Å². The lowest BCUT2D eigenvalue weighted by atomic mass is 10.1. The number of aryl methyl sites for hydroxylation is 1. The Balaban J connectivity index is 1.47. The molecule has 0 radical (unpaired) electrons. The van der Waals surface area contributed by atoms with Crippen LogP contribution in [0.25, 0.3) is 0 Å². The maximum absolute atomic E-state index is 12.6. The lowest BCUT2D eigenvalue weighted by Crippen LogP contribution is -2.50. The number of rotatable bonds is 7. The summed E-state index contributed by atoms with van der Waals surface area (Å²) in [6.45, 7) is 6.32. The summed E-state index contributed by atoms with van der Waals surface area (Å²) in [4.78, 5) is 16.9. The summed E-state index contributed by atoms with van der Waals surface area (Å²) in [5.41, 5.74) is 3.30. The lowest BCUT2D eigenvalue weighted by Gasteiger charge is -2.34. The van der Waals surface area contributed by atoms with Crippen molar-refractivity contribution in [3.63, 3.8) is 0 Å². The van der Waals surface area contributed by atoms with E-state index in [0.29, 0.717) is 0 Å². The first-order valence-corrected chi connectivity index (χ1v) is 10.2. The van der Waals surface area contributed by atoms with E-state index >= 15 is 0 Å². The molecule has 1 heterocycles. The van der Waals surface area contributed by atoms with Gasteiger partial charge in [-0.1, -0.05) is 31.2 Å². The summed E-state index contributed by atoms with van der Waals surface area (Å²) in [6, 6.07) is 14.0. The number of para-hydroxylation sites is 1. The topological polar surface area (TPSA) is 54.0 Å². The molecule has 6 nitrogen and oxygen atoms in total. The van der Waals surface area contributed by atoms with E-state index in [9.17, 15) is 4.79 Å². The molecule has 6 heteroatoms. The number of carbonyl (C=O) groups is 1. The predicted octanol–water partition coefficient (Wildman–Crippen LogP) is 3.66. The second-order valence-electron chi connectivity index (χ2n) is 7.21. The molecule has 0 aliphatic carbocycles. The van der Waals surface area contributed by atoms with Crippen LogP contribution in [0.3, 0.4) is 0 Å². The monoisotopic (exact) mass is 397 g/mol. The zero-order chi connectivity index (χ0) is 20.6. The Labute approximate surface area is 173 Å². The summed E-state index contributed by atoms with van der Waals surface area (Å²) >= 11 is 0. The van der Waals surface area contributed by atoms with E-state index in [0.717, 1.165) is 68.3 Å². The fourth-order valence-corrected chi connectivity index (χ4v) is 3.64. The van der Waals surface area contributed by atoms with Gasteiger partial charge in [-0.3, -0.25) is 4.90 Å². The van der Waals surface area contributed by atoms with E-state index in [1.165, 1.54) is 5.56 Å². The molecule has 2 aromatic carbocycles. The molecule has 1 saturated heterocycles. The van der Waals surface area contributed by atoms with Gasteiger partial charge in [-0.25, -0.2) is 4.79 Å². The van der Waals surface area contributed by atoms with Crippen LogP contribution in [0.2, 0.25) is 0 Å². The molecule has 1 fully saturated rings. The van der Waals surface area contributed by atoms with Crippen LogP contribution >= 0.6 is 0 Å². The number of urea groups is 1. The third kappa shape index (κ3) is 5.41. The van der Waals surface area contributed by atoms with Crippen LogP contribution in [0.1, 0.15) is 18.1 Å². The Morgan fingerprint density at radius 1 is 1.00 bits per heavy atom. The molecule has 1 N–H and O–H groups in total. The minimum Gasteiger partial charge on any atom is -0.493 e. The summed E-state index contributed by atoms with van der Waals surface area (Å²) in [7, 11) is 3.30. The first kappa shape index (κ1) is 21.0. The zero-order valence-electron chi connectivity index (χ0n) is 17.6. The lowest BCUT2D eigenvalue weighted by molar-refractivity contribution is 0.148. The largest absolute Gasteiger partial charge is 0.493 e. The Kier molecular flexibility index (Phi) is 7.36. The van der Waals surface area contributed by atoms with E-state index in [2.05, 4.69) is 29.3 Å². The Bertz CT molecular complexity index is 817. The molecular formula is C23H31N3O3. The van der Waals surface area contributed by atoms with Crippen molar-refractivity contribution >= 4 is 11.7 Å². The van der Waals surface area contributed by atoms with Gasteiger partial charge in [0, 0.05) is 38.4 Å². The highest BCUT2D eigenvalue weighted by Gasteiger charge is 2.21. The Morgan fingerprint density at radius 2 is 1.72 bits per heavy atom. The van der Waals surface area contributed by atoms with Gasteiger partial charge in [0.05, 0.1) is 14.2 Å². The molecular weight excluding hydrogens is 366 g/mol. The van der Waals surface area contributed by atoms with Crippen LogP contribution in [-0.2, 0) is 12.8 Å². The van der Waals surface area contributed by atoms with Gasteiger partial charge in [0.25, 0.3) is 0 Å². The fourth-order valence-electron chi connectivity index (χ4n) is 3.64. The minimum atomic E-state index is -0.00885. The van der Waals surface area contributed by atoms with Gasteiger partial charge in [-0.15, -0.1) is 0 Å². The minimum absolute atomic E-state index is 0.00885. The normalized spacial score (nSPS) is 14.5. The summed E-state index contributed by atoms with van der Waals surface area (Å²) in [5, 5.41) is 3.07. The molecule has 0 saturated carbocycles. The number of amides is 2. The average Bonchev–Trinajstić information content (AvgIpc) is 2.78. The van der Waals surface area contributed by atoms with Gasteiger partial charge in [-0.05, 0) is 42.2 Å². The van der Waals surface area contributed by atoms with Gasteiger partial charge in [0.2, 0.25) is 0 Å². The van der Waals surface area contributed by atoms with E-state index in [-0.39, 0.29) is 6.03 Å². The van der Waals surface area contributed by atoms with Crippen molar-refractivity contribution in [1.29, 1.82) is 0 Å². The van der Waals surface area contributed by atoms with Crippen molar-refractivity contribution in [2.45, 2.75) is 19.8 Å². The van der Waals surface area contributed by atoms with Gasteiger partial charge in [0.1, 0.15) is 0 Å². The molecule has 0 atom stereocenters. The smallest absolute Gasteiger partial charge is 0.321 e. The molecule has 3 rings (SSSR count). The maximum Gasteiger partial charge on any atom is 0.321 e. The van der Waals surface area contributed by atoms with Crippen LogP contribution in [-0.4, -0.2) is 62.8 Å².